The summed E-state index contributed by atoms with van der Waals surface area (Å²) < 4.78 is 44.5. The molecule has 1 aromatic carbocycles. The normalized spacial score (nSPS) is 11.5. The molecule has 2 rings (SSSR count). The largest absolute Gasteiger partial charge is 0.465 e. The Morgan fingerprint density at radius 2 is 2.04 bits per heavy atom. The van der Waals surface area contributed by atoms with Gasteiger partial charge in [-0.15, -0.1) is 0 Å². The number of carbonyl (C=O) groups excluding carboxylic acids is 1. The molecule has 0 aliphatic heterocycles. The lowest BCUT2D eigenvalue weighted by Gasteiger charge is -2.18. The number of hydrogen-bond donors (Lipinski definition) is 0. The lowest BCUT2D eigenvalue weighted by molar-refractivity contribution is 0.0596. The standard InChI is InChI=1S/C16H17FN2O4S/c1-19(10-8-13-5-3-4-9-18-13)24(21,22)15-11-12(17)6-7-14(15)16(20)23-2/h3-7,9,11H,8,10H2,1-2H3. The van der Waals surface area contributed by atoms with Crippen molar-refractivity contribution in [2.45, 2.75) is 11.3 Å². The van der Waals surface area contributed by atoms with E-state index < -0.39 is 26.7 Å². The first-order chi connectivity index (χ1) is 11.4. The van der Waals surface area contributed by atoms with Crippen molar-refractivity contribution in [3.63, 3.8) is 0 Å². The number of likely N-dealkylation sites (N-methyl/N-ethyl adjacent to an activating group) is 1. The average Bonchev–Trinajstić information content (AvgIpc) is 2.59. The summed E-state index contributed by atoms with van der Waals surface area (Å²) in [6.45, 7) is 0.135. The van der Waals surface area contributed by atoms with Crippen LogP contribution in [0.5, 0.6) is 0 Å². The molecule has 0 saturated carbocycles. The first kappa shape index (κ1) is 18.0. The number of nitrogens with zero attached hydrogens (tertiary/aromatic N) is 2. The number of hydrogen-bond acceptors (Lipinski definition) is 5. The van der Waals surface area contributed by atoms with E-state index in [0.717, 1.165) is 35.3 Å². The second kappa shape index (κ2) is 7.50. The quantitative estimate of drug-likeness (QED) is 0.742. The molecule has 0 radical (unpaired) electrons. The Balaban J connectivity index is 2.29. The van der Waals surface area contributed by atoms with Gasteiger partial charge in [0, 0.05) is 31.9 Å². The molecule has 2 aromatic rings. The van der Waals surface area contributed by atoms with E-state index in [1.54, 1.807) is 24.4 Å². The van der Waals surface area contributed by atoms with Gasteiger partial charge in [0.25, 0.3) is 0 Å². The summed E-state index contributed by atoms with van der Waals surface area (Å²) in [4.78, 5) is 15.5. The highest BCUT2D eigenvalue weighted by atomic mass is 32.2. The van der Waals surface area contributed by atoms with Crippen LogP contribution in [-0.2, 0) is 21.2 Å². The van der Waals surface area contributed by atoms with Gasteiger partial charge in [0.15, 0.2) is 0 Å². The molecule has 0 saturated heterocycles. The van der Waals surface area contributed by atoms with Gasteiger partial charge in [0.2, 0.25) is 10.0 Å². The monoisotopic (exact) mass is 352 g/mol. The van der Waals surface area contributed by atoms with Crippen LogP contribution >= 0.6 is 0 Å². The van der Waals surface area contributed by atoms with Gasteiger partial charge >= 0.3 is 5.97 Å². The topological polar surface area (TPSA) is 76.6 Å². The molecule has 1 aromatic heterocycles. The Labute approximate surface area is 139 Å². The predicted octanol–water partition coefficient (Wildman–Crippen LogP) is 1.87. The maximum Gasteiger partial charge on any atom is 0.339 e. The van der Waals surface area contributed by atoms with Crippen LogP contribution in [0.15, 0.2) is 47.5 Å². The van der Waals surface area contributed by atoms with Crippen LogP contribution in [0, 0.1) is 5.82 Å². The molecular formula is C16H17FN2O4S. The van der Waals surface area contributed by atoms with Crippen LogP contribution in [0.2, 0.25) is 0 Å². The predicted molar refractivity (Wildman–Crippen MR) is 85.5 cm³/mol. The van der Waals surface area contributed by atoms with E-state index in [0.29, 0.717) is 6.42 Å². The highest BCUT2D eigenvalue weighted by Crippen LogP contribution is 2.22. The Morgan fingerprint density at radius 1 is 1.29 bits per heavy atom. The molecule has 0 unspecified atom stereocenters. The molecule has 0 N–H and O–H groups in total. The Hall–Kier alpha value is -2.32. The maximum atomic E-state index is 13.5. The van der Waals surface area contributed by atoms with Crippen molar-refractivity contribution in [3.8, 4) is 0 Å². The van der Waals surface area contributed by atoms with Crippen LogP contribution in [-0.4, -0.2) is 44.4 Å². The fourth-order valence-corrected chi connectivity index (χ4v) is 3.45. The summed E-state index contributed by atoms with van der Waals surface area (Å²) in [7, 11) is -1.56. The van der Waals surface area contributed by atoms with E-state index >= 15 is 0 Å². The summed E-state index contributed by atoms with van der Waals surface area (Å²) in [6.07, 6.45) is 2.01. The molecule has 0 amide bonds. The number of carbonyl (C=O) groups is 1. The number of esters is 1. The minimum absolute atomic E-state index is 0.135. The number of sulfonamides is 1. The van der Waals surface area contributed by atoms with Crippen LogP contribution < -0.4 is 0 Å². The van der Waals surface area contributed by atoms with Crippen molar-refractivity contribution in [2.24, 2.45) is 0 Å². The fourth-order valence-electron chi connectivity index (χ4n) is 2.09. The maximum absolute atomic E-state index is 13.5. The Bertz CT molecular complexity index is 825. The molecule has 0 aliphatic rings. The SMILES string of the molecule is COC(=O)c1ccc(F)cc1S(=O)(=O)N(C)CCc1ccccn1. The fraction of sp³-hybridized carbons (Fsp3) is 0.250. The van der Waals surface area contributed by atoms with Crippen molar-refractivity contribution < 1.29 is 22.3 Å². The van der Waals surface area contributed by atoms with Crippen LogP contribution in [0.3, 0.4) is 0 Å². The van der Waals surface area contributed by atoms with Gasteiger partial charge in [-0.2, -0.15) is 0 Å². The molecule has 0 spiro atoms. The third-order valence-electron chi connectivity index (χ3n) is 3.45. The van der Waals surface area contributed by atoms with Crippen molar-refractivity contribution in [2.75, 3.05) is 20.7 Å². The third kappa shape index (κ3) is 3.95. The molecule has 128 valence electrons. The number of methoxy groups -OCH3 is 1. The van der Waals surface area contributed by atoms with Crippen molar-refractivity contribution in [1.29, 1.82) is 0 Å². The van der Waals surface area contributed by atoms with Gasteiger partial charge in [-0.1, -0.05) is 6.07 Å². The smallest absolute Gasteiger partial charge is 0.339 e. The molecule has 6 nitrogen and oxygen atoms in total. The number of aromatic nitrogens is 1. The molecule has 24 heavy (non-hydrogen) atoms. The Kier molecular flexibility index (Phi) is 5.63. The summed E-state index contributed by atoms with van der Waals surface area (Å²) in [6, 6.07) is 8.28. The zero-order chi connectivity index (χ0) is 17.7. The van der Waals surface area contributed by atoms with E-state index in [4.69, 9.17) is 0 Å². The lowest BCUT2D eigenvalue weighted by atomic mass is 10.2. The zero-order valence-corrected chi connectivity index (χ0v) is 14.1. The van der Waals surface area contributed by atoms with E-state index in [-0.39, 0.29) is 12.1 Å². The summed E-state index contributed by atoms with van der Waals surface area (Å²) in [5.41, 5.74) is 0.524. The van der Waals surface area contributed by atoms with Crippen molar-refractivity contribution in [3.05, 3.63) is 59.7 Å². The first-order valence-corrected chi connectivity index (χ1v) is 8.54. The van der Waals surface area contributed by atoms with Crippen molar-refractivity contribution >= 4 is 16.0 Å². The zero-order valence-electron chi connectivity index (χ0n) is 13.3. The van der Waals surface area contributed by atoms with Crippen LogP contribution in [0.1, 0.15) is 16.1 Å². The number of pyridine rings is 1. The Morgan fingerprint density at radius 3 is 2.67 bits per heavy atom. The minimum atomic E-state index is -4.05. The molecule has 0 atom stereocenters. The number of ether oxygens (including phenoxy) is 1. The second-order valence-electron chi connectivity index (χ2n) is 5.03. The van der Waals surface area contributed by atoms with Crippen molar-refractivity contribution in [1.82, 2.24) is 9.29 Å². The van der Waals surface area contributed by atoms with E-state index in [2.05, 4.69) is 9.72 Å². The van der Waals surface area contributed by atoms with Gasteiger partial charge < -0.3 is 4.74 Å². The molecular weight excluding hydrogens is 335 g/mol. The molecule has 0 aliphatic carbocycles. The van der Waals surface area contributed by atoms with Gasteiger partial charge in [-0.05, 0) is 30.3 Å². The summed E-state index contributed by atoms with van der Waals surface area (Å²) in [5.74, 6) is -1.59. The average molecular weight is 352 g/mol. The van der Waals surface area contributed by atoms with Crippen LogP contribution in [0.25, 0.3) is 0 Å². The first-order valence-electron chi connectivity index (χ1n) is 7.10. The summed E-state index contributed by atoms with van der Waals surface area (Å²) >= 11 is 0. The van der Waals surface area contributed by atoms with Gasteiger partial charge in [-0.25, -0.2) is 21.9 Å². The number of halogens is 1. The van der Waals surface area contributed by atoms with Gasteiger partial charge in [-0.3, -0.25) is 4.98 Å². The molecule has 8 heteroatoms. The highest BCUT2D eigenvalue weighted by molar-refractivity contribution is 7.89. The van der Waals surface area contributed by atoms with Crippen LogP contribution in [0.4, 0.5) is 4.39 Å². The number of benzene rings is 1. The van der Waals surface area contributed by atoms with Gasteiger partial charge in [0.1, 0.15) is 5.82 Å². The second-order valence-corrected chi connectivity index (χ2v) is 7.04. The lowest BCUT2D eigenvalue weighted by Crippen LogP contribution is -2.30. The van der Waals surface area contributed by atoms with E-state index in [1.807, 2.05) is 0 Å². The molecule has 0 fully saturated rings. The third-order valence-corrected chi connectivity index (χ3v) is 5.34. The molecule has 0 bridgehead atoms. The van der Waals surface area contributed by atoms with Gasteiger partial charge in [0.05, 0.1) is 17.6 Å². The minimum Gasteiger partial charge on any atom is -0.465 e. The van der Waals surface area contributed by atoms with E-state index in [9.17, 15) is 17.6 Å². The van der Waals surface area contributed by atoms with E-state index in [1.165, 1.54) is 7.05 Å². The highest BCUT2D eigenvalue weighted by Gasteiger charge is 2.27. The summed E-state index contributed by atoms with van der Waals surface area (Å²) in [5, 5.41) is 0. The number of rotatable bonds is 6. The molecule has 1 heterocycles.